The summed E-state index contributed by atoms with van der Waals surface area (Å²) >= 11 is 8.28. The van der Waals surface area contributed by atoms with E-state index < -0.39 is 0 Å². The number of nitrogens with two attached hydrogens (primary N) is 1. The number of nitrogens with zero attached hydrogens (tertiary/aromatic N) is 2. The zero-order valence-corrected chi connectivity index (χ0v) is 12.5. The summed E-state index contributed by atoms with van der Waals surface area (Å²) in [5.41, 5.74) is 8.16. The van der Waals surface area contributed by atoms with E-state index in [1.165, 1.54) is 12.1 Å². The molecule has 0 saturated heterocycles. The largest absolute Gasteiger partial charge is 0.369 e. The fourth-order valence-corrected chi connectivity index (χ4v) is 2.98. The zero-order valence-electron chi connectivity index (χ0n) is 9.57. The number of anilines is 1. The van der Waals surface area contributed by atoms with E-state index in [-0.39, 0.29) is 5.82 Å². The van der Waals surface area contributed by atoms with E-state index in [1.54, 1.807) is 16.7 Å². The second-order valence-corrected chi connectivity index (χ2v) is 5.58. The number of fused-ring (bicyclic) bond motifs is 1. The smallest absolute Gasteiger partial charge is 0.206 e. The number of halogens is 3. The van der Waals surface area contributed by atoms with Crippen molar-refractivity contribution in [3.05, 3.63) is 50.8 Å². The molecule has 1 aromatic heterocycles. The van der Waals surface area contributed by atoms with Crippen molar-refractivity contribution in [1.29, 1.82) is 0 Å². The van der Waals surface area contributed by atoms with Crippen LogP contribution in [0.1, 0.15) is 0 Å². The third-order valence-corrected chi connectivity index (χ3v) is 3.97. The number of para-hydroxylation sites is 1. The van der Waals surface area contributed by atoms with Crippen molar-refractivity contribution in [2.24, 2.45) is 0 Å². The molecule has 3 rings (SSSR count). The first-order chi connectivity index (χ1) is 9.08. The molecule has 0 unspecified atom stereocenters. The van der Waals surface area contributed by atoms with Crippen molar-refractivity contribution in [3.63, 3.8) is 0 Å². The first-order valence-electron chi connectivity index (χ1n) is 5.46. The van der Waals surface area contributed by atoms with Crippen molar-refractivity contribution >= 4 is 51.2 Å². The Kier molecular flexibility index (Phi) is 3.10. The number of hydrogen-bond donors (Lipinski definition) is 1. The molecular formula is C13H8ClFIN3. The lowest BCUT2D eigenvalue weighted by Crippen LogP contribution is -2.03. The number of imidazole rings is 1. The molecule has 96 valence electrons. The summed E-state index contributed by atoms with van der Waals surface area (Å²) < 4.78 is 15.7. The molecular weight excluding hydrogens is 380 g/mol. The van der Waals surface area contributed by atoms with E-state index in [0.29, 0.717) is 16.5 Å². The van der Waals surface area contributed by atoms with Crippen molar-refractivity contribution in [1.82, 2.24) is 9.55 Å². The molecule has 0 saturated carbocycles. The molecule has 2 aromatic carbocycles. The molecule has 0 radical (unpaired) electrons. The molecule has 3 aromatic rings. The average molecular weight is 388 g/mol. The highest BCUT2D eigenvalue weighted by Gasteiger charge is 2.15. The maximum absolute atomic E-state index is 13.2. The number of benzene rings is 2. The summed E-state index contributed by atoms with van der Waals surface area (Å²) in [4.78, 5) is 4.27. The molecule has 0 bridgehead atoms. The maximum Gasteiger partial charge on any atom is 0.206 e. The van der Waals surface area contributed by atoms with Crippen LogP contribution in [0, 0.1) is 9.39 Å². The molecule has 6 heteroatoms. The summed E-state index contributed by atoms with van der Waals surface area (Å²) in [6, 6.07) is 9.93. The third kappa shape index (κ3) is 2.06. The van der Waals surface area contributed by atoms with Crippen molar-refractivity contribution in [2.75, 3.05) is 5.73 Å². The number of aromatic nitrogens is 2. The molecule has 0 spiro atoms. The molecule has 2 N–H and O–H groups in total. The SMILES string of the molecule is Nc1nc2cccc(Cl)c2n1-c1ccc(F)cc1I. The van der Waals surface area contributed by atoms with Crippen LogP contribution in [0.25, 0.3) is 16.7 Å². The lowest BCUT2D eigenvalue weighted by atomic mass is 10.2. The Balaban J connectivity index is 2.39. The highest BCUT2D eigenvalue weighted by molar-refractivity contribution is 14.1. The zero-order chi connectivity index (χ0) is 13.6. The summed E-state index contributed by atoms with van der Waals surface area (Å²) in [6.45, 7) is 0. The van der Waals surface area contributed by atoms with Gasteiger partial charge in [0.15, 0.2) is 0 Å². The molecule has 0 fully saturated rings. The maximum atomic E-state index is 13.2. The molecule has 0 aliphatic heterocycles. The second kappa shape index (κ2) is 4.64. The normalized spacial score (nSPS) is 11.1. The quantitative estimate of drug-likeness (QED) is 0.641. The fraction of sp³-hybridized carbons (Fsp3) is 0. The monoisotopic (exact) mass is 387 g/mol. The Morgan fingerprint density at radius 2 is 2.05 bits per heavy atom. The predicted octanol–water partition coefficient (Wildman–Crippen LogP) is 4.00. The van der Waals surface area contributed by atoms with E-state index in [1.807, 2.05) is 12.1 Å². The van der Waals surface area contributed by atoms with Crippen molar-refractivity contribution < 1.29 is 4.39 Å². The predicted molar refractivity (Wildman–Crippen MR) is 83.2 cm³/mol. The summed E-state index contributed by atoms with van der Waals surface area (Å²) in [5, 5.41) is 0.557. The summed E-state index contributed by atoms with van der Waals surface area (Å²) in [6.07, 6.45) is 0. The average Bonchev–Trinajstić information content (AvgIpc) is 2.67. The van der Waals surface area contributed by atoms with Crippen LogP contribution in [-0.4, -0.2) is 9.55 Å². The van der Waals surface area contributed by atoms with Crippen LogP contribution in [0.5, 0.6) is 0 Å². The second-order valence-electron chi connectivity index (χ2n) is 4.01. The van der Waals surface area contributed by atoms with Gasteiger partial charge in [-0.1, -0.05) is 17.7 Å². The van der Waals surface area contributed by atoms with Crippen molar-refractivity contribution in [3.8, 4) is 5.69 Å². The van der Waals surface area contributed by atoms with Gasteiger partial charge in [0, 0.05) is 3.57 Å². The summed E-state index contributed by atoms with van der Waals surface area (Å²) in [5.74, 6) is 0.0369. The third-order valence-electron chi connectivity index (χ3n) is 2.80. The van der Waals surface area contributed by atoms with Gasteiger partial charge in [0.2, 0.25) is 5.95 Å². The van der Waals surface area contributed by atoms with Crippen LogP contribution in [0.4, 0.5) is 10.3 Å². The van der Waals surface area contributed by atoms with Gasteiger partial charge in [0.25, 0.3) is 0 Å². The molecule has 0 aliphatic rings. The minimum Gasteiger partial charge on any atom is -0.369 e. The van der Waals surface area contributed by atoms with Crippen LogP contribution in [0.2, 0.25) is 5.02 Å². The fourth-order valence-electron chi connectivity index (χ4n) is 2.01. The molecule has 3 nitrogen and oxygen atoms in total. The Morgan fingerprint density at radius 3 is 2.79 bits per heavy atom. The van der Waals surface area contributed by atoms with Gasteiger partial charge in [-0.15, -0.1) is 0 Å². The first-order valence-corrected chi connectivity index (χ1v) is 6.91. The van der Waals surface area contributed by atoms with Gasteiger partial charge < -0.3 is 5.73 Å². The molecule has 0 aliphatic carbocycles. The highest BCUT2D eigenvalue weighted by atomic mass is 127. The topological polar surface area (TPSA) is 43.8 Å². The van der Waals surface area contributed by atoms with Crippen LogP contribution in [0.3, 0.4) is 0 Å². The van der Waals surface area contributed by atoms with Gasteiger partial charge in [-0.25, -0.2) is 9.37 Å². The van der Waals surface area contributed by atoms with Gasteiger partial charge in [-0.05, 0) is 52.9 Å². The van der Waals surface area contributed by atoms with Gasteiger partial charge in [0.1, 0.15) is 5.82 Å². The standard InChI is InChI=1S/C13H8ClFIN3/c14-8-2-1-3-10-12(8)19(13(17)18-10)11-5-4-7(15)6-9(11)16/h1-6H,(H2,17,18). The minimum absolute atomic E-state index is 0.290. The van der Waals surface area contributed by atoms with Crippen molar-refractivity contribution in [2.45, 2.75) is 0 Å². The van der Waals surface area contributed by atoms with Crippen LogP contribution in [-0.2, 0) is 0 Å². The number of hydrogen-bond acceptors (Lipinski definition) is 2. The molecule has 0 amide bonds. The Labute approximate surface area is 127 Å². The van der Waals surface area contributed by atoms with E-state index >= 15 is 0 Å². The van der Waals surface area contributed by atoms with E-state index in [4.69, 9.17) is 17.3 Å². The Morgan fingerprint density at radius 1 is 1.26 bits per heavy atom. The van der Waals surface area contributed by atoms with Gasteiger partial charge in [-0.2, -0.15) is 0 Å². The van der Waals surface area contributed by atoms with Gasteiger partial charge in [0.05, 0.1) is 21.7 Å². The summed E-state index contributed by atoms with van der Waals surface area (Å²) in [7, 11) is 0. The van der Waals surface area contributed by atoms with Crippen LogP contribution < -0.4 is 5.73 Å². The lowest BCUT2D eigenvalue weighted by Gasteiger charge is -2.09. The number of nitrogen functional groups attached to an aromatic ring is 1. The van der Waals surface area contributed by atoms with E-state index in [9.17, 15) is 4.39 Å². The Hall–Kier alpha value is -1.34. The van der Waals surface area contributed by atoms with Crippen LogP contribution in [0.15, 0.2) is 36.4 Å². The molecule has 19 heavy (non-hydrogen) atoms. The molecule has 1 heterocycles. The lowest BCUT2D eigenvalue weighted by molar-refractivity contribution is 0.626. The Bertz CT molecular complexity index is 785. The highest BCUT2D eigenvalue weighted by Crippen LogP contribution is 2.30. The molecule has 0 atom stereocenters. The van der Waals surface area contributed by atoms with Crippen LogP contribution >= 0.6 is 34.2 Å². The first kappa shape index (κ1) is 12.7. The van der Waals surface area contributed by atoms with Gasteiger partial charge in [-0.3, -0.25) is 4.57 Å². The minimum atomic E-state index is -0.290. The van der Waals surface area contributed by atoms with Gasteiger partial charge >= 0.3 is 0 Å². The number of rotatable bonds is 1. The van der Waals surface area contributed by atoms with E-state index in [2.05, 4.69) is 27.6 Å². The van der Waals surface area contributed by atoms with E-state index in [0.717, 1.165) is 14.8 Å².